The Kier molecular flexibility index (Phi) is 3.48. The summed E-state index contributed by atoms with van der Waals surface area (Å²) in [4.78, 5) is 5.57. The van der Waals surface area contributed by atoms with E-state index in [1.807, 2.05) is 72.8 Å². The van der Waals surface area contributed by atoms with Crippen molar-refractivity contribution in [2.24, 2.45) is 0 Å². The van der Waals surface area contributed by atoms with Crippen LogP contribution in [0.2, 0.25) is 0 Å². The minimum atomic E-state index is 0.0571. The highest BCUT2D eigenvalue weighted by atomic mass is 32.2. The molecule has 0 bridgehead atoms. The second-order valence-electron chi connectivity index (χ2n) is 5.01. The lowest BCUT2D eigenvalue weighted by Gasteiger charge is -2.01. The summed E-state index contributed by atoms with van der Waals surface area (Å²) in [5, 5.41) is 15.7. The molecule has 4 rings (SSSR count). The van der Waals surface area contributed by atoms with Gasteiger partial charge < -0.3 is 5.11 Å². The van der Waals surface area contributed by atoms with Crippen LogP contribution >= 0.6 is 11.8 Å². The van der Waals surface area contributed by atoms with E-state index in [0.29, 0.717) is 11.3 Å². The standard InChI is InChI=1S/C18H13N3OS/c22-18-17(13-7-3-1-4-8-13)19-15-11-12-16(20-21(15)18)23-14-9-5-2-6-10-14/h1-12,22H. The van der Waals surface area contributed by atoms with Gasteiger partial charge in [-0.2, -0.15) is 9.61 Å². The first kappa shape index (κ1) is 13.8. The number of aromatic hydroxyl groups is 1. The first-order chi connectivity index (χ1) is 11.3. The highest BCUT2D eigenvalue weighted by Crippen LogP contribution is 2.31. The highest BCUT2D eigenvalue weighted by Gasteiger charge is 2.14. The molecule has 23 heavy (non-hydrogen) atoms. The molecule has 0 saturated heterocycles. The van der Waals surface area contributed by atoms with Gasteiger partial charge in [-0.25, -0.2) is 4.98 Å². The van der Waals surface area contributed by atoms with E-state index in [9.17, 15) is 5.11 Å². The Morgan fingerprint density at radius 2 is 1.52 bits per heavy atom. The van der Waals surface area contributed by atoms with E-state index < -0.39 is 0 Å². The Balaban J connectivity index is 1.76. The van der Waals surface area contributed by atoms with Crippen molar-refractivity contribution in [3.63, 3.8) is 0 Å². The molecule has 2 aromatic heterocycles. The number of rotatable bonds is 3. The van der Waals surface area contributed by atoms with Gasteiger partial charge in [-0.1, -0.05) is 60.3 Å². The molecular weight excluding hydrogens is 306 g/mol. The van der Waals surface area contributed by atoms with Crippen molar-refractivity contribution in [1.82, 2.24) is 14.6 Å². The fraction of sp³-hybridized carbons (Fsp3) is 0. The Hall–Kier alpha value is -2.79. The zero-order chi connectivity index (χ0) is 15.6. The molecule has 4 aromatic rings. The van der Waals surface area contributed by atoms with E-state index in [-0.39, 0.29) is 5.88 Å². The van der Waals surface area contributed by atoms with Crippen molar-refractivity contribution in [3.05, 3.63) is 72.8 Å². The van der Waals surface area contributed by atoms with Crippen LogP contribution in [0.1, 0.15) is 0 Å². The average molecular weight is 319 g/mol. The van der Waals surface area contributed by atoms with Crippen molar-refractivity contribution >= 4 is 17.4 Å². The maximum Gasteiger partial charge on any atom is 0.241 e. The summed E-state index contributed by atoms with van der Waals surface area (Å²) in [6, 6.07) is 23.4. The summed E-state index contributed by atoms with van der Waals surface area (Å²) in [7, 11) is 0. The van der Waals surface area contributed by atoms with E-state index in [1.165, 1.54) is 4.52 Å². The lowest BCUT2D eigenvalue weighted by molar-refractivity contribution is 0.438. The Bertz CT molecular complexity index is 952. The number of hydrogen-bond donors (Lipinski definition) is 1. The summed E-state index contributed by atoms with van der Waals surface area (Å²) in [5.74, 6) is 0.0571. The second-order valence-corrected chi connectivity index (χ2v) is 6.10. The Labute approximate surface area is 137 Å². The SMILES string of the molecule is Oc1c(-c2ccccc2)nc2ccc(Sc3ccccc3)nn12. The highest BCUT2D eigenvalue weighted by molar-refractivity contribution is 7.99. The van der Waals surface area contributed by atoms with Crippen LogP contribution in [0, 0.1) is 0 Å². The molecule has 0 aliphatic heterocycles. The summed E-state index contributed by atoms with van der Waals surface area (Å²) in [5.41, 5.74) is 2.03. The van der Waals surface area contributed by atoms with Crippen molar-refractivity contribution in [3.8, 4) is 17.1 Å². The van der Waals surface area contributed by atoms with Crippen LogP contribution in [0.25, 0.3) is 16.9 Å². The van der Waals surface area contributed by atoms with Gasteiger partial charge >= 0.3 is 0 Å². The third kappa shape index (κ3) is 2.66. The van der Waals surface area contributed by atoms with Gasteiger partial charge in [0.25, 0.3) is 0 Å². The molecule has 0 fully saturated rings. The minimum Gasteiger partial charge on any atom is -0.492 e. The smallest absolute Gasteiger partial charge is 0.241 e. The summed E-state index contributed by atoms with van der Waals surface area (Å²) < 4.78 is 1.48. The van der Waals surface area contributed by atoms with Gasteiger partial charge in [0.1, 0.15) is 10.7 Å². The summed E-state index contributed by atoms with van der Waals surface area (Å²) in [6.07, 6.45) is 0. The van der Waals surface area contributed by atoms with Gasteiger partial charge in [0.05, 0.1) is 0 Å². The second kappa shape index (κ2) is 5.78. The third-order valence-electron chi connectivity index (χ3n) is 3.44. The van der Waals surface area contributed by atoms with Crippen molar-refractivity contribution in [2.75, 3.05) is 0 Å². The van der Waals surface area contributed by atoms with Gasteiger partial charge in [0.2, 0.25) is 5.88 Å². The quantitative estimate of drug-likeness (QED) is 0.613. The van der Waals surface area contributed by atoms with Crippen molar-refractivity contribution < 1.29 is 5.11 Å². The zero-order valence-electron chi connectivity index (χ0n) is 12.1. The van der Waals surface area contributed by atoms with Crippen molar-refractivity contribution in [1.29, 1.82) is 0 Å². The molecule has 4 nitrogen and oxygen atoms in total. The molecule has 1 N–H and O–H groups in total. The predicted molar refractivity (Wildman–Crippen MR) is 90.7 cm³/mol. The van der Waals surface area contributed by atoms with Gasteiger partial charge in [0, 0.05) is 10.5 Å². The fourth-order valence-corrected chi connectivity index (χ4v) is 3.15. The van der Waals surface area contributed by atoms with E-state index in [0.717, 1.165) is 15.5 Å². The molecule has 5 heteroatoms. The van der Waals surface area contributed by atoms with Crippen LogP contribution in [-0.4, -0.2) is 19.7 Å². The van der Waals surface area contributed by atoms with Gasteiger partial charge in [-0.05, 0) is 24.3 Å². The number of nitrogens with zero attached hydrogens (tertiary/aromatic N) is 3. The van der Waals surface area contributed by atoms with Gasteiger partial charge in [-0.15, -0.1) is 0 Å². The predicted octanol–water partition coefficient (Wildman–Crippen LogP) is 4.25. The molecule has 112 valence electrons. The van der Waals surface area contributed by atoms with Gasteiger partial charge in [-0.3, -0.25) is 0 Å². The van der Waals surface area contributed by atoms with Crippen molar-refractivity contribution in [2.45, 2.75) is 9.92 Å². The summed E-state index contributed by atoms with van der Waals surface area (Å²) >= 11 is 1.55. The van der Waals surface area contributed by atoms with Crippen LogP contribution in [0.4, 0.5) is 0 Å². The minimum absolute atomic E-state index is 0.0571. The van der Waals surface area contributed by atoms with E-state index in [2.05, 4.69) is 10.1 Å². The molecule has 0 saturated carbocycles. The number of benzene rings is 2. The molecule has 2 aromatic carbocycles. The lowest BCUT2D eigenvalue weighted by atomic mass is 10.2. The number of imidazole rings is 1. The zero-order valence-corrected chi connectivity index (χ0v) is 12.9. The molecule has 2 heterocycles. The molecular formula is C18H13N3OS. The van der Waals surface area contributed by atoms with Crippen LogP contribution in [-0.2, 0) is 0 Å². The number of fused-ring (bicyclic) bond motifs is 1. The average Bonchev–Trinajstić information content (AvgIpc) is 2.93. The van der Waals surface area contributed by atoms with Crippen LogP contribution in [0.3, 0.4) is 0 Å². The molecule has 0 unspecified atom stereocenters. The first-order valence-electron chi connectivity index (χ1n) is 7.18. The van der Waals surface area contributed by atoms with Crippen LogP contribution in [0.15, 0.2) is 82.7 Å². The topological polar surface area (TPSA) is 50.4 Å². The maximum atomic E-state index is 10.5. The Morgan fingerprint density at radius 1 is 0.826 bits per heavy atom. The number of hydrogen-bond acceptors (Lipinski definition) is 4. The third-order valence-corrected chi connectivity index (χ3v) is 4.38. The molecule has 0 aliphatic carbocycles. The molecule has 0 atom stereocenters. The van der Waals surface area contributed by atoms with E-state index in [4.69, 9.17) is 0 Å². The van der Waals surface area contributed by atoms with E-state index >= 15 is 0 Å². The van der Waals surface area contributed by atoms with Crippen LogP contribution in [0.5, 0.6) is 5.88 Å². The van der Waals surface area contributed by atoms with E-state index in [1.54, 1.807) is 11.8 Å². The maximum absolute atomic E-state index is 10.5. The summed E-state index contributed by atoms with van der Waals surface area (Å²) in [6.45, 7) is 0. The van der Waals surface area contributed by atoms with Crippen LogP contribution < -0.4 is 0 Å². The first-order valence-corrected chi connectivity index (χ1v) is 8.00. The normalized spacial score (nSPS) is 11.0. The Morgan fingerprint density at radius 3 is 2.26 bits per heavy atom. The fourth-order valence-electron chi connectivity index (χ4n) is 2.36. The lowest BCUT2D eigenvalue weighted by Crippen LogP contribution is -1.92. The molecule has 0 amide bonds. The molecule has 0 aliphatic rings. The number of aromatic nitrogens is 3. The monoisotopic (exact) mass is 319 g/mol. The van der Waals surface area contributed by atoms with Gasteiger partial charge in [0.15, 0.2) is 5.65 Å². The largest absolute Gasteiger partial charge is 0.492 e. The molecule has 0 spiro atoms. The molecule has 0 radical (unpaired) electrons.